The summed E-state index contributed by atoms with van der Waals surface area (Å²) in [5, 5.41) is 4.09. The van der Waals surface area contributed by atoms with Crippen LogP contribution >= 0.6 is 0 Å². The molecule has 1 unspecified atom stereocenters. The molecule has 1 atom stereocenters. The van der Waals surface area contributed by atoms with Gasteiger partial charge in [-0.3, -0.25) is 0 Å². The molecule has 0 radical (unpaired) electrons. The number of hydrogen-bond acceptors (Lipinski definition) is 4. The van der Waals surface area contributed by atoms with E-state index in [1.165, 1.54) is 13.4 Å². The second-order valence-corrected chi connectivity index (χ2v) is 3.63. The highest BCUT2D eigenvalue weighted by Gasteiger charge is 2.14. The zero-order valence-electron chi connectivity index (χ0n) is 9.70. The zero-order valence-corrected chi connectivity index (χ0v) is 9.70. The summed E-state index contributed by atoms with van der Waals surface area (Å²) in [6.45, 7) is 1.99. The summed E-state index contributed by atoms with van der Waals surface area (Å²) in [6, 6.07) is 9.92. The van der Waals surface area contributed by atoms with Gasteiger partial charge in [0, 0.05) is 0 Å². The molecule has 1 aromatic carbocycles. The molecule has 2 rings (SSSR count). The van der Waals surface area contributed by atoms with Crippen LogP contribution in [0.15, 0.2) is 36.7 Å². The number of esters is 1. The van der Waals surface area contributed by atoms with Gasteiger partial charge in [-0.2, -0.15) is 0 Å². The van der Waals surface area contributed by atoms with Gasteiger partial charge in [0.1, 0.15) is 6.33 Å². The van der Waals surface area contributed by atoms with Crippen molar-refractivity contribution >= 4 is 5.97 Å². The molecule has 1 heterocycles. The summed E-state index contributed by atoms with van der Waals surface area (Å²) in [7, 11) is 1.31. The first-order valence-corrected chi connectivity index (χ1v) is 5.27. The SMILES string of the molecule is COC(=O)c1ncn(C(C)c2ccccc2)n1. The molecule has 0 amide bonds. The molecule has 2 aromatic rings. The number of hydrogen-bond donors (Lipinski definition) is 0. The molecule has 5 nitrogen and oxygen atoms in total. The fraction of sp³-hybridized carbons (Fsp3) is 0.250. The van der Waals surface area contributed by atoms with Gasteiger partial charge in [-0.25, -0.2) is 14.5 Å². The molecule has 0 N–H and O–H groups in total. The molecule has 1 aromatic heterocycles. The topological polar surface area (TPSA) is 57.0 Å². The van der Waals surface area contributed by atoms with Gasteiger partial charge in [0.15, 0.2) is 0 Å². The molecule has 17 heavy (non-hydrogen) atoms. The Morgan fingerprint density at radius 1 is 1.35 bits per heavy atom. The second kappa shape index (κ2) is 4.78. The van der Waals surface area contributed by atoms with Crippen LogP contribution in [0.4, 0.5) is 0 Å². The lowest BCUT2D eigenvalue weighted by Crippen LogP contribution is -2.10. The number of methoxy groups -OCH3 is 1. The lowest BCUT2D eigenvalue weighted by Gasteiger charge is -2.11. The van der Waals surface area contributed by atoms with Gasteiger partial charge in [-0.05, 0) is 12.5 Å². The van der Waals surface area contributed by atoms with E-state index >= 15 is 0 Å². The maximum absolute atomic E-state index is 11.2. The van der Waals surface area contributed by atoms with Crippen molar-refractivity contribution in [3.05, 3.63) is 48.0 Å². The Hall–Kier alpha value is -2.17. The molecule has 0 fully saturated rings. The summed E-state index contributed by atoms with van der Waals surface area (Å²) >= 11 is 0. The van der Waals surface area contributed by atoms with Crippen LogP contribution < -0.4 is 0 Å². The average molecular weight is 231 g/mol. The lowest BCUT2D eigenvalue weighted by molar-refractivity contribution is 0.0586. The molecule has 88 valence electrons. The molecule has 0 spiro atoms. The number of carbonyl (C=O) groups is 1. The number of rotatable bonds is 3. The molecular weight excluding hydrogens is 218 g/mol. The number of nitrogens with zero attached hydrogens (tertiary/aromatic N) is 3. The largest absolute Gasteiger partial charge is 0.463 e. The van der Waals surface area contributed by atoms with Crippen LogP contribution in [0, 0.1) is 0 Å². The van der Waals surface area contributed by atoms with Gasteiger partial charge >= 0.3 is 5.97 Å². The molecular formula is C12H13N3O2. The zero-order chi connectivity index (χ0) is 12.3. The van der Waals surface area contributed by atoms with Crippen LogP contribution in [0.3, 0.4) is 0 Å². The number of aromatic nitrogens is 3. The van der Waals surface area contributed by atoms with Crippen LogP contribution in [-0.2, 0) is 4.74 Å². The van der Waals surface area contributed by atoms with Crippen molar-refractivity contribution in [2.75, 3.05) is 7.11 Å². The van der Waals surface area contributed by atoms with Crippen molar-refractivity contribution in [1.29, 1.82) is 0 Å². The van der Waals surface area contributed by atoms with Crippen LogP contribution in [0.1, 0.15) is 29.1 Å². The minimum absolute atomic E-state index is 0.0297. The Kier molecular flexibility index (Phi) is 3.18. The standard InChI is InChI=1S/C12H13N3O2/c1-9(10-6-4-3-5-7-10)15-8-13-11(14-15)12(16)17-2/h3-9H,1-2H3. The number of benzene rings is 1. The molecule has 0 saturated carbocycles. The molecule has 0 bridgehead atoms. The van der Waals surface area contributed by atoms with Crippen molar-refractivity contribution in [1.82, 2.24) is 14.8 Å². The fourth-order valence-electron chi connectivity index (χ4n) is 1.53. The summed E-state index contributed by atoms with van der Waals surface area (Å²) < 4.78 is 6.20. The maximum Gasteiger partial charge on any atom is 0.377 e. The number of carbonyl (C=O) groups excluding carboxylic acids is 1. The third-order valence-electron chi connectivity index (χ3n) is 2.56. The van der Waals surface area contributed by atoms with Crippen LogP contribution in [0.25, 0.3) is 0 Å². The van der Waals surface area contributed by atoms with E-state index in [-0.39, 0.29) is 11.9 Å². The van der Waals surface area contributed by atoms with Gasteiger partial charge in [0.05, 0.1) is 13.2 Å². The molecule has 5 heteroatoms. The smallest absolute Gasteiger partial charge is 0.377 e. The third-order valence-corrected chi connectivity index (χ3v) is 2.56. The van der Waals surface area contributed by atoms with Crippen LogP contribution in [0.2, 0.25) is 0 Å². The van der Waals surface area contributed by atoms with E-state index in [9.17, 15) is 4.79 Å². The Morgan fingerprint density at radius 3 is 2.71 bits per heavy atom. The Labute approximate surface area is 99.1 Å². The summed E-state index contributed by atoms with van der Waals surface area (Å²) in [4.78, 5) is 15.1. The first kappa shape index (κ1) is 11.3. The highest BCUT2D eigenvalue weighted by Crippen LogP contribution is 2.15. The van der Waals surface area contributed by atoms with Gasteiger partial charge < -0.3 is 4.74 Å². The summed E-state index contributed by atoms with van der Waals surface area (Å²) in [5.41, 5.74) is 1.11. The summed E-state index contributed by atoms with van der Waals surface area (Å²) in [6.07, 6.45) is 1.53. The Balaban J connectivity index is 2.23. The monoisotopic (exact) mass is 231 g/mol. The highest BCUT2D eigenvalue weighted by molar-refractivity contribution is 5.84. The Bertz CT molecular complexity index is 507. The van der Waals surface area contributed by atoms with Gasteiger partial charge in [-0.15, -0.1) is 5.10 Å². The highest BCUT2D eigenvalue weighted by atomic mass is 16.5. The van der Waals surface area contributed by atoms with E-state index < -0.39 is 5.97 Å². The maximum atomic E-state index is 11.2. The molecule has 0 aliphatic heterocycles. The molecule has 0 aliphatic rings. The van der Waals surface area contributed by atoms with Crippen molar-refractivity contribution < 1.29 is 9.53 Å². The van der Waals surface area contributed by atoms with Gasteiger partial charge in [0.2, 0.25) is 0 Å². The second-order valence-electron chi connectivity index (χ2n) is 3.63. The van der Waals surface area contributed by atoms with E-state index in [0.717, 1.165) is 5.56 Å². The lowest BCUT2D eigenvalue weighted by atomic mass is 10.1. The number of ether oxygens (including phenoxy) is 1. The van der Waals surface area contributed by atoms with Crippen LogP contribution in [0.5, 0.6) is 0 Å². The van der Waals surface area contributed by atoms with E-state index in [4.69, 9.17) is 0 Å². The summed E-state index contributed by atoms with van der Waals surface area (Å²) in [5.74, 6) is -0.445. The first-order valence-electron chi connectivity index (χ1n) is 5.27. The third kappa shape index (κ3) is 2.33. The predicted octanol–water partition coefficient (Wildman–Crippen LogP) is 1.67. The van der Waals surface area contributed by atoms with Crippen molar-refractivity contribution in [3.63, 3.8) is 0 Å². The fourth-order valence-corrected chi connectivity index (χ4v) is 1.53. The van der Waals surface area contributed by atoms with Crippen molar-refractivity contribution in [3.8, 4) is 0 Å². The van der Waals surface area contributed by atoms with E-state index in [0.29, 0.717) is 0 Å². The quantitative estimate of drug-likeness (QED) is 0.754. The van der Waals surface area contributed by atoms with E-state index in [2.05, 4.69) is 14.8 Å². The average Bonchev–Trinajstić information content (AvgIpc) is 2.87. The van der Waals surface area contributed by atoms with E-state index in [1.807, 2.05) is 37.3 Å². The normalized spacial score (nSPS) is 12.1. The molecule has 0 aliphatic carbocycles. The predicted molar refractivity (Wildman–Crippen MR) is 61.6 cm³/mol. The minimum Gasteiger partial charge on any atom is -0.463 e. The Morgan fingerprint density at radius 2 is 2.06 bits per heavy atom. The van der Waals surface area contributed by atoms with Gasteiger partial charge in [-0.1, -0.05) is 30.3 Å². The first-order chi connectivity index (χ1) is 8.22. The van der Waals surface area contributed by atoms with Crippen LogP contribution in [-0.4, -0.2) is 27.8 Å². The minimum atomic E-state index is -0.524. The van der Waals surface area contributed by atoms with E-state index in [1.54, 1.807) is 4.68 Å². The van der Waals surface area contributed by atoms with Gasteiger partial charge in [0.25, 0.3) is 5.82 Å². The van der Waals surface area contributed by atoms with Crippen molar-refractivity contribution in [2.45, 2.75) is 13.0 Å². The van der Waals surface area contributed by atoms with Crippen molar-refractivity contribution in [2.24, 2.45) is 0 Å². The molecule has 0 saturated heterocycles.